The fourth-order valence-electron chi connectivity index (χ4n) is 1.41. The van der Waals surface area contributed by atoms with Crippen molar-refractivity contribution in [3.05, 3.63) is 30.0 Å². The summed E-state index contributed by atoms with van der Waals surface area (Å²) in [4.78, 5) is 0. The van der Waals surface area contributed by atoms with Gasteiger partial charge >= 0.3 is 0 Å². The summed E-state index contributed by atoms with van der Waals surface area (Å²) in [5, 5.41) is 10.2. The SMILES string of the molecule is Cc1cn(N)c2ccc(O)cc12. The molecule has 2 aromatic rings. The summed E-state index contributed by atoms with van der Waals surface area (Å²) in [7, 11) is 0. The van der Waals surface area contributed by atoms with Crippen LogP contribution in [-0.4, -0.2) is 9.78 Å². The van der Waals surface area contributed by atoms with Gasteiger partial charge in [0.2, 0.25) is 0 Å². The molecule has 0 saturated heterocycles. The lowest BCUT2D eigenvalue weighted by Crippen LogP contribution is -2.04. The highest BCUT2D eigenvalue weighted by molar-refractivity contribution is 5.85. The van der Waals surface area contributed by atoms with E-state index in [4.69, 9.17) is 5.84 Å². The first-order valence-electron chi connectivity index (χ1n) is 3.74. The van der Waals surface area contributed by atoms with Crippen LogP contribution in [0, 0.1) is 6.92 Å². The molecule has 0 aliphatic rings. The van der Waals surface area contributed by atoms with Gasteiger partial charge in [0.15, 0.2) is 0 Å². The Labute approximate surface area is 70.0 Å². The molecule has 0 aliphatic heterocycles. The molecule has 1 aromatic heterocycles. The van der Waals surface area contributed by atoms with Crippen molar-refractivity contribution in [3.63, 3.8) is 0 Å². The Hall–Kier alpha value is -1.64. The molecule has 12 heavy (non-hydrogen) atoms. The van der Waals surface area contributed by atoms with E-state index in [1.807, 2.05) is 13.1 Å². The van der Waals surface area contributed by atoms with Gasteiger partial charge in [0.25, 0.3) is 0 Å². The minimum absolute atomic E-state index is 0.275. The first-order chi connectivity index (χ1) is 5.68. The number of aromatic nitrogens is 1. The standard InChI is InChI=1S/C9H10N2O/c1-6-5-11(10)9-3-2-7(12)4-8(6)9/h2-5,12H,10H2,1H3. The second-order valence-corrected chi connectivity index (χ2v) is 2.92. The Kier molecular flexibility index (Phi) is 1.27. The molecule has 0 bridgehead atoms. The molecule has 2 rings (SSSR count). The molecule has 1 heterocycles. The van der Waals surface area contributed by atoms with Crippen LogP contribution in [0.15, 0.2) is 24.4 Å². The van der Waals surface area contributed by atoms with Gasteiger partial charge in [0.05, 0.1) is 5.52 Å². The minimum atomic E-state index is 0.275. The summed E-state index contributed by atoms with van der Waals surface area (Å²) in [6.07, 6.45) is 1.84. The Morgan fingerprint density at radius 1 is 1.42 bits per heavy atom. The molecule has 1 aromatic carbocycles. The van der Waals surface area contributed by atoms with Crippen LogP contribution in [0.25, 0.3) is 10.9 Å². The number of rotatable bonds is 0. The molecule has 0 fully saturated rings. The Morgan fingerprint density at radius 3 is 2.92 bits per heavy atom. The lowest BCUT2D eigenvalue weighted by atomic mass is 10.2. The normalized spacial score (nSPS) is 10.8. The zero-order chi connectivity index (χ0) is 8.72. The Balaban J connectivity index is 2.90. The first kappa shape index (κ1) is 7.03. The van der Waals surface area contributed by atoms with Crippen LogP contribution in [0.1, 0.15) is 5.56 Å². The van der Waals surface area contributed by atoms with Crippen molar-refractivity contribution >= 4 is 10.9 Å². The third-order valence-corrected chi connectivity index (χ3v) is 2.02. The van der Waals surface area contributed by atoms with E-state index in [0.717, 1.165) is 16.5 Å². The van der Waals surface area contributed by atoms with Gasteiger partial charge in [-0.3, -0.25) is 4.68 Å². The second kappa shape index (κ2) is 2.17. The zero-order valence-electron chi connectivity index (χ0n) is 6.78. The molecular formula is C9H10N2O. The number of nitrogens with zero attached hydrogens (tertiary/aromatic N) is 1. The monoisotopic (exact) mass is 162 g/mol. The maximum Gasteiger partial charge on any atom is 0.116 e. The predicted octanol–water partition coefficient (Wildman–Crippen LogP) is 1.37. The topological polar surface area (TPSA) is 51.2 Å². The summed E-state index contributed by atoms with van der Waals surface area (Å²) in [6, 6.07) is 5.15. The molecule has 0 atom stereocenters. The average molecular weight is 162 g/mol. The quantitative estimate of drug-likeness (QED) is 0.575. The van der Waals surface area contributed by atoms with Crippen molar-refractivity contribution in [1.29, 1.82) is 0 Å². The number of phenolic OH excluding ortho intramolecular Hbond substituents is 1. The lowest BCUT2D eigenvalue weighted by Gasteiger charge is -1.95. The van der Waals surface area contributed by atoms with E-state index < -0.39 is 0 Å². The highest BCUT2D eigenvalue weighted by Gasteiger charge is 2.02. The van der Waals surface area contributed by atoms with E-state index in [1.165, 1.54) is 0 Å². The number of nitrogen functional groups attached to an aromatic ring is 1. The number of hydrogen-bond acceptors (Lipinski definition) is 2. The van der Waals surface area contributed by atoms with Crippen LogP contribution >= 0.6 is 0 Å². The fraction of sp³-hybridized carbons (Fsp3) is 0.111. The van der Waals surface area contributed by atoms with Crippen LogP contribution in [-0.2, 0) is 0 Å². The second-order valence-electron chi connectivity index (χ2n) is 2.92. The molecule has 62 valence electrons. The summed E-state index contributed by atoms with van der Waals surface area (Å²) in [5.74, 6) is 5.94. The van der Waals surface area contributed by atoms with Gasteiger partial charge in [0.1, 0.15) is 5.75 Å². The fourth-order valence-corrected chi connectivity index (χ4v) is 1.41. The molecule has 3 N–H and O–H groups in total. The van der Waals surface area contributed by atoms with Crippen LogP contribution in [0.3, 0.4) is 0 Å². The molecule has 0 spiro atoms. The number of aryl methyl sites for hydroxylation is 1. The Bertz CT molecular complexity index is 431. The number of fused-ring (bicyclic) bond motifs is 1. The number of benzene rings is 1. The molecule has 0 radical (unpaired) electrons. The number of aromatic hydroxyl groups is 1. The smallest absolute Gasteiger partial charge is 0.116 e. The molecule has 3 heteroatoms. The van der Waals surface area contributed by atoms with Crippen molar-refractivity contribution < 1.29 is 5.11 Å². The minimum Gasteiger partial charge on any atom is -0.508 e. The van der Waals surface area contributed by atoms with E-state index in [1.54, 1.807) is 22.9 Å². The highest BCUT2D eigenvalue weighted by atomic mass is 16.3. The van der Waals surface area contributed by atoms with E-state index in [2.05, 4.69) is 0 Å². The van der Waals surface area contributed by atoms with Gasteiger partial charge in [-0.05, 0) is 30.7 Å². The molecule has 0 saturated carbocycles. The van der Waals surface area contributed by atoms with Gasteiger partial charge in [-0.15, -0.1) is 0 Å². The van der Waals surface area contributed by atoms with E-state index >= 15 is 0 Å². The van der Waals surface area contributed by atoms with Gasteiger partial charge in [-0.2, -0.15) is 0 Å². The van der Waals surface area contributed by atoms with E-state index in [9.17, 15) is 5.11 Å². The van der Waals surface area contributed by atoms with Crippen molar-refractivity contribution in [3.8, 4) is 5.75 Å². The van der Waals surface area contributed by atoms with Crippen molar-refractivity contribution in [2.75, 3.05) is 5.84 Å². The van der Waals surface area contributed by atoms with Crippen molar-refractivity contribution in [2.45, 2.75) is 6.92 Å². The largest absolute Gasteiger partial charge is 0.508 e. The van der Waals surface area contributed by atoms with E-state index in [0.29, 0.717) is 0 Å². The third-order valence-electron chi connectivity index (χ3n) is 2.02. The highest BCUT2D eigenvalue weighted by Crippen LogP contribution is 2.22. The first-order valence-corrected chi connectivity index (χ1v) is 3.74. The molecule has 0 amide bonds. The summed E-state index contributed by atoms with van der Waals surface area (Å²) >= 11 is 0. The van der Waals surface area contributed by atoms with Gasteiger partial charge < -0.3 is 10.9 Å². The van der Waals surface area contributed by atoms with Crippen molar-refractivity contribution in [1.82, 2.24) is 4.68 Å². The zero-order valence-corrected chi connectivity index (χ0v) is 6.78. The molecular weight excluding hydrogens is 152 g/mol. The number of hydrogen-bond donors (Lipinski definition) is 2. The van der Waals surface area contributed by atoms with Gasteiger partial charge in [-0.25, -0.2) is 0 Å². The molecule has 3 nitrogen and oxygen atoms in total. The van der Waals surface area contributed by atoms with Crippen LogP contribution in [0.5, 0.6) is 5.75 Å². The third kappa shape index (κ3) is 0.830. The van der Waals surface area contributed by atoms with Crippen molar-refractivity contribution in [2.24, 2.45) is 0 Å². The number of nitrogens with two attached hydrogens (primary N) is 1. The van der Waals surface area contributed by atoms with Gasteiger partial charge in [0, 0.05) is 11.6 Å². The Morgan fingerprint density at radius 2 is 2.17 bits per heavy atom. The lowest BCUT2D eigenvalue weighted by molar-refractivity contribution is 0.476. The van der Waals surface area contributed by atoms with Crippen LogP contribution < -0.4 is 5.84 Å². The predicted molar refractivity (Wildman–Crippen MR) is 48.5 cm³/mol. The maximum absolute atomic E-state index is 9.21. The summed E-state index contributed by atoms with van der Waals surface area (Å²) in [5.41, 5.74) is 2.01. The molecule has 0 aliphatic carbocycles. The van der Waals surface area contributed by atoms with E-state index in [-0.39, 0.29) is 5.75 Å². The average Bonchev–Trinajstić information content (AvgIpc) is 2.28. The maximum atomic E-state index is 9.21. The summed E-state index contributed by atoms with van der Waals surface area (Å²) in [6.45, 7) is 1.96. The summed E-state index contributed by atoms with van der Waals surface area (Å²) < 4.78 is 1.56. The van der Waals surface area contributed by atoms with Crippen LogP contribution in [0.2, 0.25) is 0 Å². The molecule has 0 unspecified atom stereocenters. The number of phenols is 1. The van der Waals surface area contributed by atoms with Gasteiger partial charge in [-0.1, -0.05) is 0 Å². The van der Waals surface area contributed by atoms with Crippen LogP contribution in [0.4, 0.5) is 0 Å².